The summed E-state index contributed by atoms with van der Waals surface area (Å²) < 4.78 is 5.89. The topological polar surface area (TPSA) is 93.3 Å². The molecule has 38 heavy (non-hydrogen) atoms. The summed E-state index contributed by atoms with van der Waals surface area (Å²) in [5.74, 6) is 1.16. The Kier molecular flexibility index (Phi) is 5.20. The van der Waals surface area contributed by atoms with Gasteiger partial charge in [-0.3, -0.25) is 9.59 Å². The average molecular weight is 521 g/mol. The van der Waals surface area contributed by atoms with Crippen molar-refractivity contribution >= 4 is 11.6 Å². The van der Waals surface area contributed by atoms with E-state index in [-0.39, 0.29) is 51.0 Å². The van der Waals surface area contributed by atoms with Gasteiger partial charge in [0.2, 0.25) is 5.89 Å². The van der Waals surface area contributed by atoms with Crippen LogP contribution in [0.4, 0.5) is 0 Å². The molecule has 0 aromatic carbocycles. The van der Waals surface area contributed by atoms with Crippen LogP contribution in [-0.4, -0.2) is 32.4 Å². The normalized spacial score (nSPS) is 47.8. The summed E-state index contributed by atoms with van der Waals surface area (Å²) in [5, 5.41) is 15.6. The van der Waals surface area contributed by atoms with Gasteiger partial charge in [0.25, 0.3) is 0 Å². The average Bonchev–Trinajstić information content (AvgIpc) is 3.25. The number of hydrogen-bond acceptors (Lipinski definition) is 6. The van der Waals surface area contributed by atoms with E-state index in [0.717, 1.165) is 56.4 Å². The molecule has 206 valence electrons. The van der Waals surface area contributed by atoms with Gasteiger partial charge in [-0.2, -0.15) is 4.98 Å². The lowest BCUT2D eigenvalue weighted by Gasteiger charge is -2.68. The molecule has 6 heteroatoms. The van der Waals surface area contributed by atoms with Crippen LogP contribution in [0.2, 0.25) is 0 Å². The number of Topliss-reactive ketones (excluding diaryl/α,β-unsaturated/α-hetero) is 1. The fraction of sp³-hybridized carbons (Fsp3) is 0.750. The maximum atomic E-state index is 14.5. The number of allylic oxidation sites excluding steroid dienone is 3. The van der Waals surface area contributed by atoms with Crippen LogP contribution in [0.25, 0.3) is 0 Å². The van der Waals surface area contributed by atoms with Crippen LogP contribution in [0.5, 0.6) is 0 Å². The Bertz CT molecular complexity index is 1300. The summed E-state index contributed by atoms with van der Waals surface area (Å²) in [5.41, 5.74) is -0.842. The first-order chi connectivity index (χ1) is 17.5. The minimum Gasteiger partial charge on any atom is -0.382 e. The smallest absolute Gasteiger partial charge is 0.233 e. The molecule has 8 atom stereocenters. The molecule has 0 radical (unpaired) electrons. The third-order valence-corrected chi connectivity index (χ3v) is 12.6. The van der Waals surface area contributed by atoms with Crippen LogP contribution in [0.1, 0.15) is 105 Å². The second kappa shape index (κ2) is 7.56. The first-order valence-corrected chi connectivity index (χ1v) is 14.6. The van der Waals surface area contributed by atoms with Crippen LogP contribution in [0, 0.1) is 46.3 Å². The summed E-state index contributed by atoms with van der Waals surface area (Å²) in [6, 6.07) is 0. The van der Waals surface area contributed by atoms with Crippen molar-refractivity contribution in [3.8, 4) is 0 Å². The van der Waals surface area contributed by atoms with Gasteiger partial charge in [-0.15, -0.1) is 0 Å². The van der Waals surface area contributed by atoms with Gasteiger partial charge in [0.1, 0.15) is 5.60 Å². The molecular weight excluding hydrogens is 476 g/mol. The van der Waals surface area contributed by atoms with Crippen molar-refractivity contribution in [2.24, 2.45) is 39.4 Å². The zero-order valence-electron chi connectivity index (χ0n) is 24.4. The largest absolute Gasteiger partial charge is 0.382 e. The quantitative estimate of drug-likeness (QED) is 0.483. The molecule has 1 N–H and O–H groups in total. The summed E-state index contributed by atoms with van der Waals surface area (Å²) in [4.78, 5) is 32.3. The van der Waals surface area contributed by atoms with Crippen LogP contribution in [0.3, 0.4) is 0 Å². The Labute approximate surface area is 226 Å². The summed E-state index contributed by atoms with van der Waals surface area (Å²) in [6.45, 7) is 16.9. The number of aliphatic hydroxyl groups is 1. The summed E-state index contributed by atoms with van der Waals surface area (Å²) in [7, 11) is 0. The molecule has 5 aliphatic rings. The van der Waals surface area contributed by atoms with Crippen molar-refractivity contribution in [1.82, 2.24) is 10.1 Å². The number of hydrogen-bond donors (Lipinski definition) is 1. The maximum Gasteiger partial charge on any atom is 0.233 e. The third kappa shape index (κ3) is 3.04. The number of aromatic nitrogens is 2. The molecule has 1 aromatic heterocycles. The predicted molar refractivity (Wildman–Crippen MR) is 144 cm³/mol. The second-order valence-electron chi connectivity index (χ2n) is 15.1. The first kappa shape index (κ1) is 26.2. The molecule has 0 amide bonds. The van der Waals surface area contributed by atoms with Crippen LogP contribution >= 0.6 is 0 Å². The molecule has 3 fully saturated rings. The minimum absolute atomic E-state index is 0.130. The van der Waals surface area contributed by atoms with Gasteiger partial charge < -0.3 is 9.63 Å². The lowest BCUT2D eigenvalue weighted by Crippen LogP contribution is -2.66. The highest BCUT2D eigenvalue weighted by Gasteiger charge is 2.70. The Morgan fingerprint density at radius 1 is 0.974 bits per heavy atom. The number of carbonyl (C=O) groups excluding carboxylic acids is 2. The van der Waals surface area contributed by atoms with E-state index in [9.17, 15) is 14.7 Å². The second-order valence-corrected chi connectivity index (χ2v) is 15.1. The Morgan fingerprint density at radius 2 is 1.66 bits per heavy atom. The zero-order chi connectivity index (χ0) is 27.7. The van der Waals surface area contributed by atoms with Gasteiger partial charge >= 0.3 is 0 Å². The monoisotopic (exact) mass is 520 g/mol. The number of aryl methyl sites for hydroxylation is 1. The van der Waals surface area contributed by atoms with Gasteiger partial charge in [-0.25, -0.2) is 0 Å². The SMILES string of the molecule is CC1=C[C@]2(C)C3=CC(=O)C4C5CC(C)(C)CC[C@]5(c5nc(C)no5)CC[C@@]4(C)[C@]3(C)CCC2[C@](C)(O)C1=O. The standard InChI is InChI=1S/C32H44N2O4/c1-18-16-28(5)22(31(8,37)25(18)36)9-10-29(6)23(28)15-21(35)24-20-17-27(3,4)11-13-32(20,14-12-30(24,29)7)26-33-19(2)34-38-26/h15-16,20,22,24,37H,9-14,17H2,1-8H3/t20?,22?,24?,28-,29+,30+,31-,32-/m0/s1. The first-order valence-electron chi connectivity index (χ1n) is 14.6. The summed E-state index contributed by atoms with van der Waals surface area (Å²) >= 11 is 0. The van der Waals surface area contributed by atoms with Crippen LogP contribution in [-0.2, 0) is 15.0 Å². The van der Waals surface area contributed by atoms with E-state index >= 15 is 0 Å². The van der Waals surface area contributed by atoms with E-state index in [1.807, 2.05) is 19.9 Å². The maximum absolute atomic E-state index is 14.5. The van der Waals surface area contributed by atoms with Gasteiger partial charge in [0.05, 0.1) is 5.41 Å². The van der Waals surface area contributed by atoms with E-state index in [1.54, 1.807) is 6.92 Å². The number of ketones is 2. The van der Waals surface area contributed by atoms with Crippen molar-refractivity contribution in [2.75, 3.05) is 0 Å². The molecule has 0 bridgehead atoms. The molecular formula is C32H44N2O4. The third-order valence-electron chi connectivity index (χ3n) is 12.6. The van der Waals surface area contributed by atoms with Crippen molar-refractivity contribution in [3.63, 3.8) is 0 Å². The molecule has 1 aromatic rings. The van der Waals surface area contributed by atoms with Crippen molar-refractivity contribution < 1.29 is 19.2 Å². The van der Waals surface area contributed by atoms with Crippen LogP contribution < -0.4 is 0 Å². The minimum atomic E-state index is -1.43. The molecule has 5 aliphatic carbocycles. The fourth-order valence-electron chi connectivity index (χ4n) is 10.4. The van der Waals surface area contributed by atoms with Gasteiger partial charge in [-0.05, 0) is 99.5 Å². The van der Waals surface area contributed by atoms with Gasteiger partial charge in [-0.1, -0.05) is 51.4 Å². The van der Waals surface area contributed by atoms with Crippen molar-refractivity contribution in [1.29, 1.82) is 0 Å². The highest BCUT2D eigenvalue weighted by Crippen LogP contribution is 2.74. The zero-order valence-corrected chi connectivity index (χ0v) is 24.4. The lowest BCUT2D eigenvalue weighted by atomic mass is 9.34. The fourth-order valence-corrected chi connectivity index (χ4v) is 10.4. The van der Waals surface area contributed by atoms with E-state index in [0.29, 0.717) is 11.4 Å². The highest BCUT2D eigenvalue weighted by atomic mass is 16.5. The lowest BCUT2D eigenvalue weighted by molar-refractivity contribution is -0.167. The van der Waals surface area contributed by atoms with Gasteiger partial charge in [0, 0.05) is 17.3 Å². The number of nitrogens with zero attached hydrogens (tertiary/aromatic N) is 2. The predicted octanol–water partition coefficient (Wildman–Crippen LogP) is 6.07. The Morgan fingerprint density at radius 3 is 2.32 bits per heavy atom. The summed E-state index contributed by atoms with van der Waals surface area (Å²) in [6.07, 6.45) is 10.5. The van der Waals surface area contributed by atoms with Crippen molar-refractivity contribution in [2.45, 2.75) is 111 Å². The number of carbonyl (C=O) groups is 2. The number of fused-ring (bicyclic) bond motifs is 7. The molecule has 3 unspecified atom stereocenters. The Hall–Kier alpha value is -2.08. The van der Waals surface area contributed by atoms with E-state index in [1.165, 1.54) is 0 Å². The molecule has 0 aliphatic heterocycles. The van der Waals surface area contributed by atoms with E-state index < -0.39 is 11.0 Å². The highest BCUT2D eigenvalue weighted by molar-refractivity contribution is 6.03. The molecule has 0 spiro atoms. The molecule has 1 heterocycles. The van der Waals surface area contributed by atoms with Gasteiger partial charge in [0.15, 0.2) is 17.4 Å². The molecule has 3 saturated carbocycles. The molecule has 0 saturated heterocycles. The number of rotatable bonds is 1. The van der Waals surface area contributed by atoms with E-state index in [2.05, 4.69) is 45.9 Å². The van der Waals surface area contributed by atoms with Crippen molar-refractivity contribution in [3.05, 3.63) is 35.0 Å². The van der Waals surface area contributed by atoms with E-state index in [4.69, 9.17) is 9.51 Å². The molecule has 6 rings (SSSR count). The van der Waals surface area contributed by atoms with Crippen LogP contribution in [0.15, 0.2) is 27.8 Å². The molecule has 6 nitrogen and oxygen atoms in total. The Balaban J connectivity index is 1.53.